The van der Waals surface area contributed by atoms with Gasteiger partial charge in [0, 0.05) is 47.7 Å². The summed E-state index contributed by atoms with van der Waals surface area (Å²) in [7, 11) is -0.889. The summed E-state index contributed by atoms with van der Waals surface area (Å²) in [5, 5.41) is 0. The summed E-state index contributed by atoms with van der Waals surface area (Å²) in [5.41, 5.74) is 1.32. The van der Waals surface area contributed by atoms with Gasteiger partial charge in [-0.2, -0.15) is 0 Å². The first-order valence-electron chi connectivity index (χ1n) is 8.50. The Morgan fingerprint density at radius 3 is 2.45 bits per heavy atom. The Balaban J connectivity index is 1.66. The summed E-state index contributed by atoms with van der Waals surface area (Å²) in [6.45, 7) is 2.98. The number of hydrogen-bond acceptors (Lipinski definition) is 3. The lowest BCUT2D eigenvalue weighted by Crippen LogP contribution is -2.38. The molecule has 1 heterocycles. The van der Waals surface area contributed by atoms with Crippen LogP contribution in [0.5, 0.6) is 0 Å². The Bertz CT molecular complexity index is 490. The minimum atomic E-state index is -0.889. The number of nitrogens with zero attached hydrogens (tertiary/aromatic N) is 1. The lowest BCUT2D eigenvalue weighted by Gasteiger charge is -2.31. The van der Waals surface area contributed by atoms with E-state index < -0.39 is 10.8 Å². The van der Waals surface area contributed by atoms with Crippen LogP contribution < -0.4 is 0 Å². The van der Waals surface area contributed by atoms with Crippen molar-refractivity contribution in [1.82, 2.24) is 4.90 Å². The molecule has 1 saturated carbocycles. The Morgan fingerprint density at radius 1 is 1.14 bits per heavy atom. The van der Waals surface area contributed by atoms with E-state index in [4.69, 9.17) is 4.74 Å². The maximum absolute atomic E-state index is 11.5. The number of rotatable bonds is 6. The summed E-state index contributed by atoms with van der Waals surface area (Å²) in [4.78, 5) is 3.54. The topological polar surface area (TPSA) is 29.5 Å². The minimum absolute atomic E-state index is 0.419. The molecule has 0 aromatic heterocycles. The van der Waals surface area contributed by atoms with Crippen molar-refractivity contribution in [3.8, 4) is 0 Å². The van der Waals surface area contributed by atoms with Gasteiger partial charge in [0.25, 0.3) is 0 Å². The molecular weight excluding hydrogens is 294 g/mol. The number of hydrogen-bond donors (Lipinski definition) is 0. The Labute approximate surface area is 136 Å². The first kappa shape index (κ1) is 16.2. The van der Waals surface area contributed by atoms with Crippen molar-refractivity contribution >= 4 is 10.8 Å². The first-order chi connectivity index (χ1) is 10.7. The standard InChI is InChI=1S/C18H27NO2S/c1-22(20)18-10-8-15(9-11-18)13-19(16-5-2-3-6-16)14-17-7-4-12-21-17/h8-11,16-17H,2-7,12-14H2,1H3/t17-,22-/m1/s1. The average Bonchev–Trinajstić information content (AvgIpc) is 3.20. The molecular formula is C18H27NO2S. The number of benzene rings is 1. The van der Waals surface area contributed by atoms with Crippen LogP contribution in [0.3, 0.4) is 0 Å². The molecule has 22 heavy (non-hydrogen) atoms. The van der Waals surface area contributed by atoms with Crippen molar-refractivity contribution in [2.45, 2.75) is 62.1 Å². The van der Waals surface area contributed by atoms with Crippen LogP contribution in [0.2, 0.25) is 0 Å². The summed E-state index contributed by atoms with van der Waals surface area (Å²) in [5.74, 6) is 0. The van der Waals surface area contributed by atoms with Crippen LogP contribution in [0.15, 0.2) is 29.2 Å². The molecule has 1 saturated heterocycles. The predicted molar refractivity (Wildman–Crippen MR) is 90.4 cm³/mol. The molecule has 0 amide bonds. The van der Waals surface area contributed by atoms with Crippen LogP contribution in [-0.4, -0.2) is 40.7 Å². The van der Waals surface area contributed by atoms with Crippen molar-refractivity contribution in [2.75, 3.05) is 19.4 Å². The molecule has 2 aliphatic rings. The molecule has 0 bridgehead atoms. The van der Waals surface area contributed by atoms with Crippen molar-refractivity contribution in [1.29, 1.82) is 0 Å². The van der Waals surface area contributed by atoms with Crippen molar-refractivity contribution in [3.63, 3.8) is 0 Å². The fourth-order valence-electron chi connectivity index (χ4n) is 3.68. The molecule has 2 fully saturated rings. The first-order valence-corrected chi connectivity index (χ1v) is 10.1. The fourth-order valence-corrected chi connectivity index (χ4v) is 4.20. The monoisotopic (exact) mass is 321 g/mol. The SMILES string of the molecule is C[S@@](=O)c1ccc(CN(C[C@H]2CCCO2)C2CCCC2)cc1. The van der Waals surface area contributed by atoms with Gasteiger partial charge in [0.2, 0.25) is 0 Å². The van der Waals surface area contributed by atoms with E-state index in [1.807, 2.05) is 12.1 Å². The normalized spacial score (nSPS) is 24.2. The van der Waals surface area contributed by atoms with Crippen molar-refractivity contribution in [2.24, 2.45) is 0 Å². The molecule has 3 nitrogen and oxygen atoms in total. The Kier molecular flexibility index (Phi) is 5.66. The Hall–Kier alpha value is -0.710. The van der Waals surface area contributed by atoms with Gasteiger partial charge in [0.1, 0.15) is 0 Å². The molecule has 0 unspecified atom stereocenters. The van der Waals surface area contributed by atoms with Crippen molar-refractivity contribution < 1.29 is 8.95 Å². The molecule has 3 rings (SSSR count). The molecule has 122 valence electrons. The highest BCUT2D eigenvalue weighted by molar-refractivity contribution is 7.84. The van der Waals surface area contributed by atoms with Crippen LogP contribution in [0, 0.1) is 0 Å². The maximum atomic E-state index is 11.5. The lowest BCUT2D eigenvalue weighted by molar-refractivity contribution is 0.0542. The smallest absolute Gasteiger partial charge is 0.0703 e. The molecule has 1 aromatic carbocycles. The van der Waals surface area contributed by atoms with Crippen LogP contribution >= 0.6 is 0 Å². The zero-order chi connectivity index (χ0) is 15.4. The molecule has 0 radical (unpaired) electrons. The molecule has 0 spiro atoms. The van der Waals surface area contributed by atoms with E-state index in [1.165, 1.54) is 44.1 Å². The van der Waals surface area contributed by atoms with E-state index in [0.717, 1.165) is 24.6 Å². The summed E-state index contributed by atoms with van der Waals surface area (Å²) in [6.07, 6.45) is 9.94. The molecule has 4 heteroatoms. The summed E-state index contributed by atoms with van der Waals surface area (Å²) < 4.78 is 17.4. The predicted octanol–water partition coefficient (Wildman–Crippen LogP) is 3.35. The molecule has 1 aliphatic heterocycles. The van der Waals surface area contributed by atoms with E-state index in [2.05, 4.69) is 17.0 Å². The van der Waals surface area contributed by atoms with E-state index in [-0.39, 0.29) is 0 Å². The summed E-state index contributed by atoms with van der Waals surface area (Å²) >= 11 is 0. The second kappa shape index (κ2) is 7.71. The van der Waals surface area contributed by atoms with Gasteiger partial charge < -0.3 is 4.74 Å². The molecule has 0 N–H and O–H groups in total. The quantitative estimate of drug-likeness (QED) is 0.805. The second-order valence-electron chi connectivity index (χ2n) is 6.60. The van der Waals surface area contributed by atoms with Crippen LogP contribution in [0.4, 0.5) is 0 Å². The van der Waals surface area contributed by atoms with Gasteiger partial charge in [-0.3, -0.25) is 9.11 Å². The highest BCUT2D eigenvalue weighted by Gasteiger charge is 2.26. The highest BCUT2D eigenvalue weighted by atomic mass is 32.2. The van der Waals surface area contributed by atoms with Gasteiger partial charge in [0.05, 0.1) is 6.10 Å². The zero-order valence-electron chi connectivity index (χ0n) is 13.5. The van der Waals surface area contributed by atoms with E-state index in [1.54, 1.807) is 6.26 Å². The van der Waals surface area contributed by atoms with Gasteiger partial charge in [-0.1, -0.05) is 25.0 Å². The van der Waals surface area contributed by atoms with Crippen LogP contribution in [-0.2, 0) is 22.1 Å². The minimum Gasteiger partial charge on any atom is -0.377 e. The van der Waals surface area contributed by atoms with Gasteiger partial charge >= 0.3 is 0 Å². The highest BCUT2D eigenvalue weighted by Crippen LogP contribution is 2.27. The van der Waals surface area contributed by atoms with Gasteiger partial charge in [-0.05, 0) is 43.4 Å². The molecule has 1 aliphatic carbocycles. The third-order valence-electron chi connectivity index (χ3n) is 4.94. The molecule has 1 aromatic rings. The van der Waals surface area contributed by atoms with Crippen LogP contribution in [0.1, 0.15) is 44.1 Å². The third kappa shape index (κ3) is 4.18. The fraction of sp³-hybridized carbons (Fsp3) is 0.667. The van der Waals surface area contributed by atoms with E-state index in [9.17, 15) is 4.21 Å². The van der Waals surface area contributed by atoms with E-state index in [0.29, 0.717) is 12.1 Å². The maximum Gasteiger partial charge on any atom is 0.0703 e. The average molecular weight is 321 g/mol. The largest absolute Gasteiger partial charge is 0.377 e. The summed E-state index contributed by atoms with van der Waals surface area (Å²) in [6, 6.07) is 8.99. The second-order valence-corrected chi connectivity index (χ2v) is 7.98. The van der Waals surface area contributed by atoms with Gasteiger partial charge in [-0.25, -0.2) is 0 Å². The zero-order valence-corrected chi connectivity index (χ0v) is 14.3. The van der Waals surface area contributed by atoms with Gasteiger partial charge in [-0.15, -0.1) is 0 Å². The van der Waals surface area contributed by atoms with E-state index >= 15 is 0 Å². The molecule has 2 atom stereocenters. The van der Waals surface area contributed by atoms with Crippen LogP contribution in [0.25, 0.3) is 0 Å². The van der Waals surface area contributed by atoms with Crippen molar-refractivity contribution in [3.05, 3.63) is 29.8 Å². The third-order valence-corrected chi connectivity index (χ3v) is 5.88. The Morgan fingerprint density at radius 2 is 1.86 bits per heavy atom. The van der Waals surface area contributed by atoms with Gasteiger partial charge in [0.15, 0.2) is 0 Å². The number of ether oxygens (including phenoxy) is 1. The lowest BCUT2D eigenvalue weighted by atomic mass is 10.1.